The summed E-state index contributed by atoms with van der Waals surface area (Å²) in [5, 5.41) is 0. The lowest BCUT2D eigenvalue weighted by Crippen LogP contribution is -2.39. The van der Waals surface area contributed by atoms with E-state index in [4.69, 9.17) is 9.47 Å². The van der Waals surface area contributed by atoms with Gasteiger partial charge in [0.1, 0.15) is 0 Å². The molecule has 1 aliphatic heterocycles. The second kappa shape index (κ2) is 5.08. The number of ether oxygens (including phenoxy) is 2. The molecule has 0 bridgehead atoms. The Morgan fingerprint density at radius 3 is 2.71 bits per heavy atom. The molecule has 0 saturated carbocycles. The maximum Gasteiger partial charge on any atom is 0.164 e. The zero-order valence-corrected chi connectivity index (χ0v) is 12.9. The number of benzene rings is 1. The summed E-state index contributed by atoms with van der Waals surface area (Å²) >= 11 is 0. The Hall–Kier alpha value is -1.45. The van der Waals surface area contributed by atoms with Gasteiger partial charge in [-0.1, -0.05) is 30.3 Å². The molecule has 3 heteroatoms. The molecule has 1 saturated heterocycles. The fraction of sp³-hybridized carbons (Fsp3) is 0.500. The smallest absolute Gasteiger partial charge is 0.164 e. The highest BCUT2D eigenvalue weighted by molar-refractivity contribution is 5.93. The van der Waals surface area contributed by atoms with Crippen molar-refractivity contribution < 1.29 is 14.3 Å². The lowest BCUT2D eigenvalue weighted by molar-refractivity contribution is -0.161. The Kier molecular flexibility index (Phi) is 3.50. The van der Waals surface area contributed by atoms with Crippen molar-refractivity contribution in [3.05, 3.63) is 41.5 Å². The molecule has 0 unspecified atom stereocenters. The summed E-state index contributed by atoms with van der Waals surface area (Å²) in [6.45, 7) is 5.95. The molecule has 1 aliphatic carbocycles. The van der Waals surface area contributed by atoms with Gasteiger partial charge < -0.3 is 9.47 Å². The number of carbonyl (C=O) groups is 1. The predicted octanol–water partition coefficient (Wildman–Crippen LogP) is 3.52. The average Bonchev–Trinajstić information content (AvgIpc) is 2.65. The third-order valence-electron chi connectivity index (χ3n) is 4.36. The molecule has 1 aromatic rings. The number of ketones is 1. The molecule has 2 atom stereocenters. The van der Waals surface area contributed by atoms with Crippen molar-refractivity contribution in [2.45, 2.75) is 57.5 Å². The third kappa shape index (κ3) is 2.94. The minimum atomic E-state index is -0.598. The molecule has 1 aromatic carbocycles. The first-order chi connectivity index (χ1) is 9.88. The monoisotopic (exact) mass is 286 g/mol. The molecule has 2 aliphatic rings. The largest absolute Gasteiger partial charge is 0.344 e. The Morgan fingerprint density at radius 2 is 1.90 bits per heavy atom. The Bertz CT molecular complexity index is 588. The predicted molar refractivity (Wildman–Crippen MR) is 81.9 cm³/mol. The van der Waals surface area contributed by atoms with E-state index >= 15 is 0 Å². The number of fused-ring (bicyclic) bond motifs is 2. The van der Waals surface area contributed by atoms with Crippen LogP contribution in [0.5, 0.6) is 0 Å². The highest BCUT2D eigenvalue weighted by Crippen LogP contribution is 2.41. The zero-order valence-electron chi connectivity index (χ0n) is 12.9. The van der Waals surface area contributed by atoms with Crippen LogP contribution in [0.2, 0.25) is 0 Å². The highest BCUT2D eigenvalue weighted by Gasteiger charge is 2.49. The normalized spacial score (nSPS) is 33.1. The molecule has 0 spiro atoms. The fourth-order valence-electron chi connectivity index (χ4n) is 3.31. The van der Waals surface area contributed by atoms with Crippen molar-refractivity contribution in [2.24, 2.45) is 0 Å². The van der Waals surface area contributed by atoms with Crippen LogP contribution in [0.1, 0.15) is 44.7 Å². The lowest BCUT2D eigenvalue weighted by Gasteiger charge is -2.29. The lowest BCUT2D eigenvalue weighted by atomic mass is 9.86. The van der Waals surface area contributed by atoms with Crippen molar-refractivity contribution >= 4 is 11.9 Å². The molecular formula is C18H22O3. The van der Waals surface area contributed by atoms with E-state index in [1.165, 1.54) is 5.56 Å². The first-order valence-corrected chi connectivity index (χ1v) is 7.55. The van der Waals surface area contributed by atoms with Gasteiger partial charge in [-0.3, -0.25) is 4.79 Å². The van der Waals surface area contributed by atoms with Crippen molar-refractivity contribution in [3.63, 3.8) is 0 Å². The van der Waals surface area contributed by atoms with Crippen LogP contribution in [0.15, 0.2) is 30.3 Å². The summed E-state index contributed by atoms with van der Waals surface area (Å²) in [6.07, 6.45) is 5.55. The van der Waals surface area contributed by atoms with Gasteiger partial charge in [-0.15, -0.1) is 0 Å². The van der Waals surface area contributed by atoms with Gasteiger partial charge in [-0.2, -0.15) is 0 Å². The fourth-order valence-corrected chi connectivity index (χ4v) is 3.31. The first kappa shape index (κ1) is 14.5. The molecule has 1 fully saturated rings. The summed E-state index contributed by atoms with van der Waals surface area (Å²) < 4.78 is 12.3. The maximum atomic E-state index is 12.0. The zero-order chi connectivity index (χ0) is 15.1. The van der Waals surface area contributed by atoms with Crippen LogP contribution in [0, 0.1) is 0 Å². The number of hydrogen-bond acceptors (Lipinski definition) is 3. The minimum absolute atomic E-state index is 0.0343. The highest BCUT2D eigenvalue weighted by atomic mass is 16.8. The van der Waals surface area contributed by atoms with Crippen LogP contribution in [0.4, 0.5) is 0 Å². The van der Waals surface area contributed by atoms with Crippen LogP contribution in [0.25, 0.3) is 6.08 Å². The molecule has 0 aromatic heterocycles. The van der Waals surface area contributed by atoms with Crippen LogP contribution in [0.3, 0.4) is 0 Å². The number of carbonyl (C=O) groups excluding carboxylic acids is 1. The Balaban J connectivity index is 2.01. The number of hydrogen-bond donors (Lipinski definition) is 0. The molecule has 3 nitrogen and oxygen atoms in total. The summed E-state index contributed by atoms with van der Waals surface area (Å²) in [4.78, 5) is 12.0. The van der Waals surface area contributed by atoms with E-state index in [9.17, 15) is 4.79 Å². The van der Waals surface area contributed by atoms with E-state index in [2.05, 4.69) is 13.0 Å². The van der Waals surface area contributed by atoms with Crippen LogP contribution in [-0.4, -0.2) is 23.3 Å². The SMILES string of the molecule is CC1(C)O[C@H]2Cc3ccccc3/C=C\C(=O)CC[C@]2(C)O1. The van der Waals surface area contributed by atoms with Gasteiger partial charge >= 0.3 is 0 Å². The Labute approximate surface area is 125 Å². The van der Waals surface area contributed by atoms with E-state index in [-0.39, 0.29) is 11.9 Å². The summed E-state index contributed by atoms with van der Waals surface area (Å²) in [5.41, 5.74) is 1.86. The third-order valence-corrected chi connectivity index (χ3v) is 4.36. The summed E-state index contributed by atoms with van der Waals surface area (Å²) in [7, 11) is 0. The molecule has 3 rings (SSSR count). The van der Waals surface area contributed by atoms with E-state index in [1.54, 1.807) is 6.08 Å². The van der Waals surface area contributed by atoms with E-state index in [0.717, 1.165) is 12.0 Å². The summed E-state index contributed by atoms with van der Waals surface area (Å²) in [5.74, 6) is -0.459. The summed E-state index contributed by atoms with van der Waals surface area (Å²) in [6, 6.07) is 8.16. The molecular weight excluding hydrogens is 264 g/mol. The van der Waals surface area contributed by atoms with Gasteiger partial charge in [-0.05, 0) is 44.4 Å². The number of allylic oxidation sites excluding steroid dienone is 1. The Morgan fingerprint density at radius 1 is 1.14 bits per heavy atom. The van der Waals surface area contributed by atoms with Crippen LogP contribution in [-0.2, 0) is 20.7 Å². The van der Waals surface area contributed by atoms with Gasteiger partial charge in [0, 0.05) is 12.8 Å². The standard InChI is InChI=1S/C18H22O3/c1-17(2)20-16-12-14-7-5-4-6-13(14)8-9-15(19)10-11-18(16,3)21-17/h4-9,16H,10-12H2,1-3H3/b9-8-/t16-,18-/m0/s1. The quantitative estimate of drug-likeness (QED) is 0.732. The van der Waals surface area contributed by atoms with E-state index in [1.807, 2.05) is 38.1 Å². The average molecular weight is 286 g/mol. The van der Waals surface area contributed by atoms with E-state index in [0.29, 0.717) is 12.8 Å². The van der Waals surface area contributed by atoms with Crippen molar-refractivity contribution in [1.29, 1.82) is 0 Å². The second-order valence-electron chi connectivity index (χ2n) is 6.62. The number of rotatable bonds is 0. The first-order valence-electron chi connectivity index (χ1n) is 7.55. The minimum Gasteiger partial charge on any atom is -0.344 e. The van der Waals surface area contributed by atoms with Crippen molar-refractivity contribution in [2.75, 3.05) is 0 Å². The van der Waals surface area contributed by atoms with Crippen LogP contribution >= 0.6 is 0 Å². The molecule has 1 heterocycles. The van der Waals surface area contributed by atoms with Gasteiger partial charge in [0.15, 0.2) is 11.6 Å². The topological polar surface area (TPSA) is 35.5 Å². The van der Waals surface area contributed by atoms with Gasteiger partial charge in [0.25, 0.3) is 0 Å². The van der Waals surface area contributed by atoms with Gasteiger partial charge in [0.05, 0.1) is 11.7 Å². The van der Waals surface area contributed by atoms with Gasteiger partial charge in [0.2, 0.25) is 0 Å². The molecule has 0 amide bonds. The second-order valence-corrected chi connectivity index (χ2v) is 6.62. The molecule has 112 valence electrons. The van der Waals surface area contributed by atoms with Crippen molar-refractivity contribution in [1.82, 2.24) is 0 Å². The van der Waals surface area contributed by atoms with Crippen molar-refractivity contribution in [3.8, 4) is 0 Å². The van der Waals surface area contributed by atoms with E-state index < -0.39 is 11.4 Å². The molecule has 21 heavy (non-hydrogen) atoms. The maximum absolute atomic E-state index is 12.0. The molecule has 0 N–H and O–H groups in total. The molecule has 0 radical (unpaired) electrons. The van der Waals surface area contributed by atoms with Gasteiger partial charge in [-0.25, -0.2) is 0 Å². The van der Waals surface area contributed by atoms with Crippen LogP contribution < -0.4 is 0 Å².